The Bertz CT molecular complexity index is 1170. The predicted octanol–water partition coefficient (Wildman–Crippen LogP) is 12.0. The first-order chi connectivity index (χ1) is 26.8. The van der Waals surface area contributed by atoms with Crippen molar-refractivity contribution < 1.29 is 37.6 Å². The Kier molecular flexibility index (Phi) is 38.8. The van der Waals surface area contributed by atoms with Crippen molar-refractivity contribution in [3.63, 3.8) is 0 Å². The van der Waals surface area contributed by atoms with Gasteiger partial charge in [0.15, 0.2) is 6.10 Å². The van der Waals surface area contributed by atoms with E-state index in [0.717, 1.165) is 70.6 Å². The summed E-state index contributed by atoms with van der Waals surface area (Å²) in [7, 11) is -4.40. The minimum atomic E-state index is -4.40. The molecule has 0 saturated heterocycles. The molecular weight excluding hydrogens is 713 g/mol. The highest BCUT2D eigenvalue weighted by Gasteiger charge is 2.25. The molecule has 0 aromatic rings. The number of nitrogens with two attached hydrogens (primary N) is 1. The molecule has 0 saturated carbocycles. The SMILES string of the molecule is CCC=CCC=CCC=CCC=CCC=CCCCC(=O)OCC(COP(=O)(O)OCCN)OC(=O)CCCCCCCCCC=CCC=CCCCCC. The predicted molar refractivity (Wildman–Crippen MR) is 229 cm³/mol. The van der Waals surface area contributed by atoms with Gasteiger partial charge in [-0.15, -0.1) is 0 Å². The third-order valence-electron chi connectivity index (χ3n) is 8.27. The van der Waals surface area contributed by atoms with E-state index >= 15 is 0 Å². The zero-order valence-corrected chi connectivity index (χ0v) is 35.3. The van der Waals surface area contributed by atoms with Crippen molar-refractivity contribution in [2.45, 2.75) is 161 Å². The van der Waals surface area contributed by atoms with Gasteiger partial charge in [-0.05, 0) is 83.5 Å². The van der Waals surface area contributed by atoms with Gasteiger partial charge in [-0.1, -0.05) is 144 Å². The van der Waals surface area contributed by atoms with Crippen LogP contribution in [0.25, 0.3) is 0 Å². The van der Waals surface area contributed by atoms with Crippen LogP contribution in [0.15, 0.2) is 85.1 Å². The third kappa shape index (κ3) is 40.7. The maximum absolute atomic E-state index is 12.6. The van der Waals surface area contributed by atoms with Crippen LogP contribution in [0.4, 0.5) is 0 Å². The van der Waals surface area contributed by atoms with E-state index in [2.05, 4.69) is 92.8 Å². The van der Waals surface area contributed by atoms with E-state index in [4.69, 9.17) is 24.3 Å². The van der Waals surface area contributed by atoms with Crippen molar-refractivity contribution in [1.82, 2.24) is 0 Å². The third-order valence-corrected chi connectivity index (χ3v) is 9.25. The maximum Gasteiger partial charge on any atom is 0.472 e. The van der Waals surface area contributed by atoms with Crippen LogP contribution < -0.4 is 5.73 Å². The monoisotopic (exact) mass is 790 g/mol. The molecule has 0 radical (unpaired) electrons. The van der Waals surface area contributed by atoms with E-state index in [9.17, 15) is 19.0 Å². The largest absolute Gasteiger partial charge is 0.472 e. The molecule has 0 aromatic carbocycles. The lowest BCUT2D eigenvalue weighted by atomic mass is 10.1. The van der Waals surface area contributed by atoms with Gasteiger partial charge in [0.1, 0.15) is 6.61 Å². The Labute approximate surface area is 334 Å². The summed E-state index contributed by atoms with van der Waals surface area (Å²) >= 11 is 0. The average Bonchev–Trinajstić information content (AvgIpc) is 3.17. The van der Waals surface area contributed by atoms with Crippen molar-refractivity contribution in [3.05, 3.63) is 85.1 Å². The Morgan fingerprint density at radius 3 is 1.55 bits per heavy atom. The molecule has 314 valence electrons. The molecule has 2 unspecified atom stereocenters. The Morgan fingerprint density at radius 1 is 0.564 bits per heavy atom. The van der Waals surface area contributed by atoms with Gasteiger partial charge in [-0.25, -0.2) is 4.57 Å². The number of carbonyl (C=O) groups is 2. The molecule has 2 atom stereocenters. The van der Waals surface area contributed by atoms with Crippen LogP contribution in [0.2, 0.25) is 0 Å². The topological polar surface area (TPSA) is 134 Å². The van der Waals surface area contributed by atoms with E-state index in [1.807, 2.05) is 6.08 Å². The first-order valence-corrected chi connectivity index (χ1v) is 22.6. The van der Waals surface area contributed by atoms with Crippen LogP contribution in [-0.4, -0.2) is 49.3 Å². The molecular formula is C45H76NO8P. The van der Waals surface area contributed by atoms with Crippen molar-refractivity contribution in [2.75, 3.05) is 26.4 Å². The van der Waals surface area contributed by atoms with Crippen LogP contribution in [-0.2, 0) is 32.7 Å². The highest BCUT2D eigenvalue weighted by Crippen LogP contribution is 2.43. The van der Waals surface area contributed by atoms with Crippen LogP contribution in [0.5, 0.6) is 0 Å². The summed E-state index contributed by atoms with van der Waals surface area (Å²) in [5.41, 5.74) is 5.34. The highest BCUT2D eigenvalue weighted by molar-refractivity contribution is 7.47. The van der Waals surface area contributed by atoms with Crippen molar-refractivity contribution in [1.29, 1.82) is 0 Å². The fourth-order valence-corrected chi connectivity index (χ4v) is 5.93. The molecule has 0 aliphatic carbocycles. The number of phosphoric ester groups is 1. The number of rotatable bonds is 38. The molecule has 0 aliphatic heterocycles. The Hall–Kier alpha value is -2.81. The first-order valence-electron chi connectivity index (χ1n) is 21.1. The summed E-state index contributed by atoms with van der Waals surface area (Å²) in [5.74, 6) is -0.914. The number of esters is 2. The molecule has 0 fully saturated rings. The molecule has 9 nitrogen and oxygen atoms in total. The Balaban J connectivity index is 4.30. The molecule has 0 rings (SSSR count). The fourth-order valence-electron chi connectivity index (χ4n) is 5.17. The van der Waals surface area contributed by atoms with Crippen LogP contribution in [0, 0.1) is 0 Å². The minimum Gasteiger partial charge on any atom is -0.462 e. The van der Waals surface area contributed by atoms with E-state index < -0.39 is 32.5 Å². The summed E-state index contributed by atoms with van der Waals surface area (Å²) in [6.45, 7) is 3.50. The second kappa shape index (κ2) is 40.8. The summed E-state index contributed by atoms with van der Waals surface area (Å²) in [5, 5.41) is 0. The number of carbonyl (C=O) groups excluding carboxylic acids is 2. The fraction of sp³-hybridized carbons (Fsp3) is 0.644. The molecule has 0 spiro atoms. The first kappa shape index (κ1) is 52.2. The van der Waals surface area contributed by atoms with Crippen LogP contribution in [0.1, 0.15) is 155 Å². The summed E-state index contributed by atoms with van der Waals surface area (Å²) in [6, 6.07) is 0. The lowest BCUT2D eigenvalue weighted by molar-refractivity contribution is -0.161. The van der Waals surface area contributed by atoms with Gasteiger partial charge in [-0.2, -0.15) is 0 Å². The van der Waals surface area contributed by atoms with E-state index in [1.165, 1.54) is 44.9 Å². The number of unbranched alkanes of at least 4 members (excludes halogenated alkanes) is 11. The summed E-state index contributed by atoms with van der Waals surface area (Å²) in [4.78, 5) is 34.8. The van der Waals surface area contributed by atoms with E-state index in [1.54, 1.807) is 0 Å². The van der Waals surface area contributed by atoms with Gasteiger partial charge in [0.25, 0.3) is 0 Å². The van der Waals surface area contributed by atoms with Gasteiger partial charge < -0.3 is 20.1 Å². The summed E-state index contributed by atoms with van der Waals surface area (Å²) in [6.07, 6.45) is 50.4. The van der Waals surface area contributed by atoms with Gasteiger partial charge in [0.05, 0.1) is 13.2 Å². The molecule has 0 bridgehead atoms. The molecule has 55 heavy (non-hydrogen) atoms. The van der Waals surface area contributed by atoms with Gasteiger partial charge >= 0.3 is 19.8 Å². The van der Waals surface area contributed by atoms with Gasteiger partial charge in [-0.3, -0.25) is 18.6 Å². The van der Waals surface area contributed by atoms with Gasteiger partial charge in [0, 0.05) is 19.4 Å². The number of phosphoric acid groups is 1. The Morgan fingerprint density at radius 2 is 1.02 bits per heavy atom. The smallest absolute Gasteiger partial charge is 0.462 e. The van der Waals surface area contributed by atoms with Gasteiger partial charge in [0.2, 0.25) is 0 Å². The quantitative estimate of drug-likeness (QED) is 0.0271. The van der Waals surface area contributed by atoms with Crippen molar-refractivity contribution in [3.8, 4) is 0 Å². The van der Waals surface area contributed by atoms with Crippen LogP contribution >= 0.6 is 7.82 Å². The number of allylic oxidation sites excluding steroid dienone is 14. The molecule has 3 N–H and O–H groups in total. The molecule has 0 amide bonds. The standard InChI is InChI=1S/C45H76NO8P/c1-3-5-7-9-11-13-15-17-19-21-23-25-27-29-31-33-35-37-44(47)51-41-43(42-53-55(49,50)52-40-39-46)54-45(48)38-36-34-32-30-28-26-24-22-20-18-16-14-12-10-8-6-4-2/h5,7,11-14,17-20,23,25,29,31,43H,3-4,6,8-10,15-16,21-22,24,26-28,30,32-42,46H2,1-2H3,(H,49,50). The molecule has 0 heterocycles. The van der Waals surface area contributed by atoms with Crippen molar-refractivity contribution >= 4 is 19.8 Å². The number of ether oxygens (including phenoxy) is 2. The van der Waals surface area contributed by atoms with E-state index in [0.29, 0.717) is 12.8 Å². The maximum atomic E-state index is 12.6. The molecule has 10 heteroatoms. The zero-order valence-electron chi connectivity index (χ0n) is 34.4. The highest BCUT2D eigenvalue weighted by atomic mass is 31.2. The normalized spacial score (nSPS) is 14.2. The average molecular weight is 790 g/mol. The second-order valence-corrected chi connectivity index (χ2v) is 14.9. The number of hydrogen-bond donors (Lipinski definition) is 2. The summed E-state index contributed by atoms with van der Waals surface area (Å²) < 4.78 is 32.7. The molecule has 0 aromatic heterocycles. The van der Waals surface area contributed by atoms with E-state index in [-0.39, 0.29) is 32.6 Å². The molecule has 0 aliphatic rings. The number of hydrogen-bond acceptors (Lipinski definition) is 8. The lowest BCUT2D eigenvalue weighted by Gasteiger charge is -2.19. The van der Waals surface area contributed by atoms with Crippen LogP contribution in [0.3, 0.4) is 0 Å². The second-order valence-electron chi connectivity index (χ2n) is 13.5. The zero-order chi connectivity index (χ0) is 40.3. The minimum absolute atomic E-state index is 0.0399. The van der Waals surface area contributed by atoms with Crippen molar-refractivity contribution in [2.24, 2.45) is 5.73 Å². The lowest BCUT2D eigenvalue weighted by Crippen LogP contribution is -2.29.